The summed E-state index contributed by atoms with van der Waals surface area (Å²) in [5, 5.41) is 11.2. The average molecular weight is 551 g/mol. The van der Waals surface area contributed by atoms with E-state index in [4.69, 9.17) is 16.3 Å². The molecule has 1 amide bonds. The molecule has 0 aliphatic rings. The first kappa shape index (κ1) is 24.0. The van der Waals surface area contributed by atoms with Crippen molar-refractivity contribution in [3.8, 4) is 11.6 Å². The molecule has 0 fully saturated rings. The van der Waals surface area contributed by atoms with E-state index in [2.05, 4.69) is 31.4 Å². The molecule has 5 nitrogen and oxygen atoms in total. The molecule has 1 N–H and O–H groups in total. The average Bonchev–Trinajstić information content (AvgIpc) is 2.82. The first-order valence-corrected chi connectivity index (χ1v) is 11.2. The fraction of sp³-hybridized carbons (Fsp3) is 0.125. The maximum absolute atomic E-state index is 14.8. The Morgan fingerprint density at radius 2 is 1.82 bits per heavy atom. The number of halogens is 5. The zero-order chi connectivity index (χ0) is 24.2. The molecule has 1 atom stereocenters. The number of fused-ring (bicyclic) bond motifs is 1. The summed E-state index contributed by atoms with van der Waals surface area (Å²) in [7, 11) is 0. The molecule has 0 saturated heterocycles. The molecule has 0 unspecified atom stereocenters. The van der Waals surface area contributed by atoms with Crippen LogP contribution < -0.4 is 10.1 Å². The van der Waals surface area contributed by atoms with Crippen LogP contribution in [0.4, 0.5) is 13.2 Å². The van der Waals surface area contributed by atoms with E-state index in [1.165, 1.54) is 24.3 Å². The van der Waals surface area contributed by atoms with Gasteiger partial charge in [0.2, 0.25) is 0 Å². The SMILES string of the molecule is O=C(NC[C@H](F)c1ccc(Br)cc1Cl)c1c(Oc2cccc(C(F)F)c2)nnc2ccccc12. The molecule has 0 spiro atoms. The lowest BCUT2D eigenvalue weighted by Crippen LogP contribution is -2.28. The van der Waals surface area contributed by atoms with Crippen molar-refractivity contribution in [1.29, 1.82) is 0 Å². The summed E-state index contributed by atoms with van der Waals surface area (Å²) in [5.41, 5.74) is 0.392. The highest BCUT2D eigenvalue weighted by molar-refractivity contribution is 9.10. The molecule has 1 heterocycles. The third-order valence-electron chi connectivity index (χ3n) is 4.93. The highest BCUT2D eigenvalue weighted by Gasteiger charge is 2.22. The molecule has 0 bridgehead atoms. The lowest BCUT2D eigenvalue weighted by atomic mass is 10.1. The number of hydrogen-bond donors (Lipinski definition) is 1. The lowest BCUT2D eigenvalue weighted by molar-refractivity contribution is 0.0940. The predicted octanol–water partition coefficient (Wildman–Crippen LogP) is 7.22. The van der Waals surface area contributed by atoms with E-state index in [9.17, 15) is 18.0 Å². The summed E-state index contributed by atoms with van der Waals surface area (Å²) < 4.78 is 47.4. The van der Waals surface area contributed by atoms with Gasteiger partial charge in [0.05, 0.1) is 12.1 Å². The zero-order valence-electron chi connectivity index (χ0n) is 17.3. The second kappa shape index (κ2) is 10.4. The number of aromatic nitrogens is 2. The van der Waals surface area contributed by atoms with Crippen LogP contribution in [0.2, 0.25) is 5.02 Å². The molecule has 4 rings (SSSR count). The first-order valence-electron chi connectivity index (χ1n) is 10.0. The van der Waals surface area contributed by atoms with E-state index in [0.717, 1.165) is 6.07 Å². The number of nitrogens with one attached hydrogen (secondary N) is 1. The Hall–Kier alpha value is -3.17. The Morgan fingerprint density at radius 3 is 2.59 bits per heavy atom. The van der Waals surface area contributed by atoms with Crippen LogP contribution in [-0.4, -0.2) is 22.6 Å². The summed E-state index contributed by atoms with van der Waals surface area (Å²) in [6.07, 6.45) is -4.27. The summed E-state index contributed by atoms with van der Waals surface area (Å²) in [6.45, 7) is -0.364. The first-order chi connectivity index (χ1) is 16.3. The molecule has 1 aromatic heterocycles. The van der Waals surface area contributed by atoms with Crippen LogP contribution in [0.25, 0.3) is 10.9 Å². The second-order valence-electron chi connectivity index (χ2n) is 7.22. The number of carbonyl (C=O) groups is 1. The fourth-order valence-corrected chi connectivity index (χ4v) is 4.08. The van der Waals surface area contributed by atoms with E-state index in [0.29, 0.717) is 15.4 Å². The largest absolute Gasteiger partial charge is 0.437 e. The lowest BCUT2D eigenvalue weighted by Gasteiger charge is -2.15. The Morgan fingerprint density at radius 1 is 1.03 bits per heavy atom. The number of alkyl halides is 3. The van der Waals surface area contributed by atoms with Gasteiger partial charge < -0.3 is 10.1 Å². The van der Waals surface area contributed by atoms with Crippen molar-refractivity contribution >= 4 is 44.3 Å². The Kier molecular flexibility index (Phi) is 7.33. The molecule has 0 radical (unpaired) electrons. The van der Waals surface area contributed by atoms with Crippen molar-refractivity contribution in [1.82, 2.24) is 15.5 Å². The minimum Gasteiger partial charge on any atom is -0.437 e. The highest BCUT2D eigenvalue weighted by Crippen LogP contribution is 2.31. The van der Waals surface area contributed by atoms with Crippen LogP contribution in [0.5, 0.6) is 11.6 Å². The van der Waals surface area contributed by atoms with Gasteiger partial charge in [0.25, 0.3) is 18.2 Å². The predicted molar refractivity (Wildman–Crippen MR) is 126 cm³/mol. The monoisotopic (exact) mass is 549 g/mol. The maximum Gasteiger partial charge on any atom is 0.263 e. The molecular weight excluding hydrogens is 535 g/mol. The van der Waals surface area contributed by atoms with Gasteiger partial charge in [-0.05, 0) is 30.3 Å². The fourth-order valence-electron chi connectivity index (χ4n) is 3.29. The van der Waals surface area contributed by atoms with Crippen LogP contribution >= 0.6 is 27.5 Å². The van der Waals surface area contributed by atoms with Crippen molar-refractivity contribution < 1.29 is 22.7 Å². The van der Waals surface area contributed by atoms with Gasteiger partial charge in [-0.15, -0.1) is 10.2 Å². The number of amides is 1. The van der Waals surface area contributed by atoms with Crippen LogP contribution in [0.3, 0.4) is 0 Å². The molecule has 174 valence electrons. The number of hydrogen-bond acceptors (Lipinski definition) is 4. The van der Waals surface area contributed by atoms with Crippen molar-refractivity contribution in [2.24, 2.45) is 0 Å². The van der Waals surface area contributed by atoms with E-state index >= 15 is 0 Å². The zero-order valence-corrected chi connectivity index (χ0v) is 19.7. The van der Waals surface area contributed by atoms with E-state index in [-0.39, 0.29) is 39.9 Å². The maximum atomic E-state index is 14.8. The summed E-state index contributed by atoms with van der Waals surface area (Å²) in [4.78, 5) is 13.1. The smallest absolute Gasteiger partial charge is 0.263 e. The Balaban J connectivity index is 1.63. The van der Waals surface area contributed by atoms with Crippen molar-refractivity contribution in [3.05, 3.63) is 92.9 Å². The molecular formula is C24H16BrClF3N3O2. The minimum atomic E-state index is -2.69. The van der Waals surface area contributed by atoms with E-state index in [1.54, 1.807) is 36.4 Å². The van der Waals surface area contributed by atoms with Gasteiger partial charge in [-0.3, -0.25) is 4.79 Å². The van der Waals surface area contributed by atoms with E-state index < -0.39 is 18.5 Å². The summed E-state index contributed by atoms with van der Waals surface area (Å²) in [6, 6.07) is 16.7. The summed E-state index contributed by atoms with van der Waals surface area (Å²) >= 11 is 9.37. The Labute approximate surface area is 206 Å². The quantitative estimate of drug-likeness (QED) is 0.264. The topological polar surface area (TPSA) is 64.1 Å². The van der Waals surface area contributed by atoms with Gasteiger partial charge in [-0.2, -0.15) is 0 Å². The van der Waals surface area contributed by atoms with Crippen LogP contribution in [-0.2, 0) is 0 Å². The van der Waals surface area contributed by atoms with Crippen LogP contribution in [0.1, 0.15) is 34.1 Å². The van der Waals surface area contributed by atoms with Gasteiger partial charge in [0, 0.05) is 26.0 Å². The summed E-state index contributed by atoms with van der Waals surface area (Å²) in [5.74, 6) is -0.803. The van der Waals surface area contributed by atoms with Crippen LogP contribution in [0.15, 0.2) is 71.2 Å². The third-order valence-corrected chi connectivity index (χ3v) is 5.75. The van der Waals surface area contributed by atoms with E-state index in [1.807, 2.05) is 0 Å². The van der Waals surface area contributed by atoms with Crippen molar-refractivity contribution in [2.75, 3.05) is 6.54 Å². The standard InChI is InChI=1S/C24H16BrClF3N3O2/c25-14-8-9-16(18(26)11-14)19(27)12-30-23(33)21-17-6-1-2-7-20(17)31-32-24(21)34-15-5-3-4-13(10-15)22(28)29/h1-11,19,22H,12H2,(H,30,33)/t19-/m0/s1. The van der Waals surface area contributed by atoms with Gasteiger partial charge in [-0.25, -0.2) is 13.2 Å². The number of benzene rings is 3. The normalized spacial score (nSPS) is 12.1. The molecule has 34 heavy (non-hydrogen) atoms. The number of rotatable bonds is 7. The molecule has 0 aliphatic carbocycles. The number of nitrogens with zero attached hydrogens (tertiary/aromatic N) is 2. The molecule has 0 aliphatic heterocycles. The molecule has 4 aromatic rings. The second-order valence-corrected chi connectivity index (χ2v) is 8.54. The number of ether oxygens (including phenoxy) is 1. The number of carbonyl (C=O) groups excluding carboxylic acids is 1. The van der Waals surface area contributed by atoms with Gasteiger partial charge in [-0.1, -0.05) is 63.9 Å². The molecule has 3 aromatic carbocycles. The van der Waals surface area contributed by atoms with Crippen LogP contribution in [0, 0.1) is 0 Å². The molecule has 10 heteroatoms. The van der Waals surface area contributed by atoms with Gasteiger partial charge >= 0.3 is 0 Å². The molecule has 0 saturated carbocycles. The van der Waals surface area contributed by atoms with Gasteiger partial charge in [0.1, 0.15) is 17.5 Å². The Bertz CT molecular complexity index is 1360. The van der Waals surface area contributed by atoms with Crippen molar-refractivity contribution in [3.63, 3.8) is 0 Å². The highest BCUT2D eigenvalue weighted by atomic mass is 79.9. The third kappa shape index (κ3) is 5.31. The van der Waals surface area contributed by atoms with Crippen molar-refractivity contribution in [2.45, 2.75) is 12.6 Å². The minimum absolute atomic E-state index is 0.00199. The van der Waals surface area contributed by atoms with Gasteiger partial charge in [0.15, 0.2) is 0 Å².